The van der Waals surface area contributed by atoms with E-state index in [9.17, 15) is 10.1 Å². The van der Waals surface area contributed by atoms with Crippen LogP contribution in [0.15, 0.2) is 30.7 Å². The van der Waals surface area contributed by atoms with Crippen LogP contribution in [0, 0.1) is 17.0 Å². The molecule has 0 spiro atoms. The zero-order valence-electron chi connectivity index (χ0n) is 11.2. The van der Waals surface area contributed by atoms with Crippen LogP contribution in [-0.2, 0) is 6.54 Å². The Morgan fingerprint density at radius 3 is 3.00 bits per heavy atom. The molecular formula is C14H16N4O2. The van der Waals surface area contributed by atoms with Crippen LogP contribution in [0.25, 0.3) is 0 Å². The number of benzene rings is 1. The minimum atomic E-state index is -0.352. The van der Waals surface area contributed by atoms with Crippen molar-refractivity contribution in [3.05, 3.63) is 52.1 Å². The largest absolute Gasteiger partial charge is 0.379 e. The molecule has 3 rings (SSSR count). The third-order valence-electron chi connectivity index (χ3n) is 3.57. The SMILES string of the molecule is Cc1ccc(NCc2cncn2C2CC2)cc1[N+](=O)[O-]. The van der Waals surface area contributed by atoms with Gasteiger partial charge in [0.05, 0.1) is 23.5 Å². The van der Waals surface area contributed by atoms with Crippen molar-refractivity contribution in [1.82, 2.24) is 9.55 Å². The zero-order chi connectivity index (χ0) is 14.1. The Morgan fingerprint density at radius 1 is 1.50 bits per heavy atom. The maximum absolute atomic E-state index is 10.9. The fourth-order valence-corrected chi connectivity index (χ4v) is 2.26. The number of rotatable bonds is 5. The summed E-state index contributed by atoms with van der Waals surface area (Å²) in [6.07, 6.45) is 6.11. The first-order chi connectivity index (χ1) is 9.65. The highest BCUT2D eigenvalue weighted by Crippen LogP contribution is 2.35. The summed E-state index contributed by atoms with van der Waals surface area (Å²) in [4.78, 5) is 14.7. The molecule has 0 atom stereocenters. The van der Waals surface area contributed by atoms with Crippen molar-refractivity contribution >= 4 is 11.4 Å². The van der Waals surface area contributed by atoms with Gasteiger partial charge in [-0.3, -0.25) is 10.1 Å². The summed E-state index contributed by atoms with van der Waals surface area (Å²) in [5, 5.41) is 14.1. The molecule has 1 aromatic carbocycles. The van der Waals surface area contributed by atoms with E-state index in [1.54, 1.807) is 19.1 Å². The highest BCUT2D eigenvalue weighted by atomic mass is 16.6. The molecule has 1 fully saturated rings. The summed E-state index contributed by atoms with van der Waals surface area (Å²) in [6.45, 7) is 2.36. The van der Waals surface area contributed by atoms with Crippen molar-refractivity contribution in [2.75, 3.05) is 5.32 Å². The van der Waals surface area contributed by atoms with Gasteiger partial charge in [-0.15, -0.1) is 0 Å². The van der Waals surface area contributed by atoms with Crippen LogP contribution >= 0.6 is 0 Å². The van der Waals surface area contributed by atoms with Crippen molar-refractivity contribution < 1.29 is 4.92 Å². The summed E-state index contributed by atoms with van der Waals surface area (Å²) < 4.78 is 2.18. The lowest BCUT2D eigenvalue weighted by molar-refractivity contribution is -0.385. The Labute approximate surface area is 116 Å². The summed E-state index contributed by atoms with van der Waals surface area (Å²) >= 11 is 0. The number of imidazole rings is 1. The lowest BCUT2D eigenvalue weighted by atomic mass is 10.2. The van der Waals surface area contributed by atoms with Gasteiger partial charge in [0, 0.05) is 29.6 Å². The Hall–Kier alpha value is -2.37. The molecule has 1 aromatic heterocycles. The lowest BCUT2D eigenvalue weighted by Gasteiger charge is -2.09. The fraction of sp³-hybridized carbons (Fsp3) is 0.357. The average Bonchev–Trinajstić information content (AvgIpc) is 3.16. The first kappa shape index (κ1) is 12.7. The molecule has 0 radical (unpaired) electrons. The van der Waals surface area contributed by atoms with Crippen molar-refractivity contribution in [2.45, 2.75) is 32.4 Å². The van der Waals surface area contributed by atoms with E-state index in [1.165, 1.54) is 12.8 Å². The van der Waals surface area contributed by atoms with Gasteiger partial charge in [0.15, 0.2) is 0 Å². The molecule has 1 heterocycles. The zero-order valence-corrected chi connectivity index (χ0v) is 11.2. The summed E-state index contributed by atoms with van der Waals surface area (Å²) in [5.74, 6) is 0. The first-order valence-electron chi connectivity index (χ1n) is 6.65. The maximum atomic E-state index is 10.9. The number of anilines is 1. The molecule has 0 bridgehead atoms. The Bertz CT molecular complexity index is 646. The van der Waals surface area contributed by atoms with Crippen LogP contribution in [0.1, 0.15) is 30.1 Å². The highest BCUT2D eigenvalue weighted by molar-refractivity contribution is 5.54. The molecule has 1 saturated carbocycles. The molecule has 1 aliphatic rings. The molecule has 0 unspecified atom stereocenters. The second-order valence-corrected chi connectivity index (χ2v) is 5.14. The van der Waals surface area contributed by atoms with E-state index in [0.717, 1.165) is 11.4 Å². The molecular weight excluding hydrogens is 256 g/mol. The molecule has 6 heteroatoms. The highest BCUT2D eigenvalue weighted by Gasteiger charge is 2.25. The number of hydrogen-bond donors (Lipinski definition) is 1. The Kier molecular flexibility index (Phi) is 3.14. The molecule has 0 aliphatic heterocycles. The number of nitro groups is 1. The van der Waals surface area contributed by atoms with Crippen LogP contribution in [0.3, 0.4) is 0 Å². The van der Waals surface area contributed by atoms with Gasteiger partial charge in [-0.05, 0) is 25.8 Å². The fourth-order valence-electron chi connectivity index (χ4n) is 2.26. The molecule has 1 aliphatic carbocycles. The summed E-state index contributed by atoms with van der Waals surface area (Å²) in [6, 6.07) is 5.79. The summed E-state index contributed by atoms with van der Waals surface area (Å²) in [5.41, 5.74) is 2.68. The second-order valence-electron chi connectivity index (χ2n) is 5.14. The van der Waals surface area contributed by atoms with Crippen molar-refractivity contribution in [2.24, 2.45) is 0 Å². The predicted molar refractivity (Wildman–Crippen MR) is 75.7 cm³/mol. The van der Waals surface area contributed by atoms with Crippen LogP contribution in [-0.4, -0.2) is 14.5 Å². The number of aryl methyl sites for hydroxylation is 1. The number of aromatic nitrogens is 2. The molecule has 2 aromatic rings. The van der Waals surface area contributed by atoms with Crippen molar-refractivity contribution in [3.8, 4) is 0 Å². The van der Waals surface area contributed by atoms with Gasteiger partial charge in [-0.1, -0.05) is 6.07 Å². The van der Waals surface area contributed by atoms with Gasteiger partial charge in [-0.25, -0.2) is 4.98 Å². The Balaban J connectivity index is 1.73. The maximum Gasteiger partial charge on any atom is 0.274 e. The van der Waals surface area contributed by atoms with E-state index in [0.29, 0.717) is 18.2 Å². The van der Waals surface area contributed by atoms with E-state index < -0.39 is 0 Å². The van der Waals surface area contributed by atoms with Crippen molar-refractivity contribution in [1.29, 1.82) is 0 Å². The second kappa shape index (κ2) is 4.96. The van der Waals surface area contributed by atoms with Crippen LogP contribution in [0.2, 0.25) is 0 Å². The van der Waals surface area contributed by atoms with Gasteiger partial charge in [-0.2, -0.15) is 0 Å². The smallest absolute Gasteiger partial charge is 0.274 e. The van der Waals surface area contributed by atoms with Gasteiger partial charge in [0.2, 0.25) is 0 Å². The summed E-state index contributed by atoms with van der Waals surface area (Å²) in [7, 11) is 0. The normalized spacial score (nSPS) is 14.2. The molecule has 6 nitrogen and oxygen atoms in total. The average molecular weight is 272 g/mol. The van der Waals surface area contributed by atoms with Gasteiger partial charge < -0.3 is 9.88 Å². The van der Waals surface area contributed by atoms with E-state index >= 15 is 0 Å². The number of nitro benzene ring substituents is 1. The number of hydrogen-bond acceptors (Lipinski definition) is 4. The van der Waals surface area contributed by atoms with E-state index in [1.807, 2.05) is 18.6 Å². The van der Waals surface area contributed by atoms with Crippen LogP contribution in [0.5, 0.6) is 0 Å². The standard InChI is InChI=1S/C14H16N4O2/c1-10-2-3-11(6-14(10)18(19)20)16-8-13-7-15-9-17(13)12-4-5-12/h2-3,6-7,9,12,16H,4-5,8H2,1H3. The quantitative estimate of drug-likeness (QED) is 0.670. The molecule has 104 valence electrons. The molecule has 0 saturated heterocycles. The minimum absolute atomic E-state index is 0.144. The number of nitrogens with one attached hydrogen (secondary N) is 1. The third kappa shape index (κ3) is 2.49. The lowest BCUT2D eigenvalue weighted by Crippen LogP contribution is -2.06. The molecule has 0 amide bonds. The molecule has 20 heavy (non-hydrogen) atoms. The first-order valence-corrected chi connectivity index (χ1v) is 6.65. The molecule has 1 N–H and O–H groups in total. The number of nitrogens with zero attached hydrogens (tertiary/aromatic N) is 3. The van der Waals surface area contributed by atoms with Gasteiger partial charge in [0.25, 0.3) is 5.69 Å². The van der Waals surface area contributed by atoms with Gasteiger partial charge in [0.1, 0.15) is 0 Å². The van der Waals surface area contributed by atoms with Crippen LogP contribution < -0.4 is 5.32 Å². The third-order valence-corrected chi connectivity index (χ3v) is 3.57. The topological polar surface area (TPSA) is 73.0 Å². The predicted octanol–water partition coefficient (Wildman–Crippen LogP) is 3.05. The Morgan fingerprint density at radius 2 is 2.30 bits per heavy atom. The van der Waals surface area contributed by atoms with E-state index in [-0.39, 0.29) is 10.6 Å². The van der Waals surface area contributed by atoms with E-state index in [2.05, 4.69) is 14.9 Å². The van der Waals surface area contributed by atoms with Crippen LogP contribution in [0.4, 0.5) is 11.4 Å². The van der Waals surface area contributed by atoms with E-state index in [4.69, 9.17) is 0 Å². The minimum Gasteiger partial charge on any atom is -0.379 e. The van der Waals surface area contributed by atoms with Gasteiger partial charge >= 0.3 is 0 Å². The van der Waals surface area contributed by atoms with Crippen molar-refractivity contribution in [3.63, 3.8) is 0 Å². The monoisotopic (exact) mass is 272 g/mol.